The SMILES string of the molecule is CC(C)[C@@H](NC(=O)c1cccs1)C(=O)Nc1ccc(N2CCCCCC2)cc1. The second kappa shape index (κ2) is 9.73. The number of thiophene rings is 1. The van der Waals surface area contributed by atoms with Gasteiger partial charge in [0, 0.05) is 24.5 Å². The lowest BCUT2D eigenvalue weighted by atomic mass is 10.0. The Bertz CT molecular complexity index is 764. The van der Waals surface area contributed by atoms with E-state index in [9.17, 15) is 9.59 Å². The molecule has 5 nitrogen and oxygen atoms in total. The summed E-state index contributed by atoms with van der Waals surface area (Å²) < 4.78 is 0. The van der Waals surface area contributed by atoms with Crippen LogP contribution in [0.3, 0.4) is 0 Å². The molecule has 1 aromatic heterocycles. The van der Waals surface area contributed by atoms with Crippen LogP contribution < -0.4 is 15.5 Å². The molecule has 1 fully saturated rings. The van der Waals surface area contributed by atoms with E-state index in [2.05, 4.69) is 27.7 Å². The summed E-state index contributed by atoms with van der Waals surface area (Å²) in [6.45, 7) is 6.05. The monoisotopic (exact) mass is 399 g/mol. The number of rotatable bonds is 6. The van der Waals surface area contributed by atoms with Gasteiger partial charge in [0.1, 0.15) is 6.04 Å². The van der Waals surface area contributed by atoms with Crippen LogP contribution in [0.2, 0.25) is 0 Å². The number of anilines is 2. The summed E-state index contributed by atoms with van der Waals surface area (Å²) in [5, 5.41) is 7.66. The van der Waals surface area contributed by atoms with Crippen LogP contribution in [0.4, 0.5) is 11.4 Å². The molecule has 150 valence electrons. The van der Waals surface area contributed by atoms with E-state index in [1.54, 1.807) is 6.07 Å². The van der Waals surface area contributed by atoms with Crippen LogP contribution in [0, 0.1) is 5.92 Å². The Morgan fingerprint density at radius 2 is 1.68 bits per heavy atom. The van der Waals surface area contributed by atoms with Crippen molar-refractivity contribution in [3.8, 4) is 0 Å². The summed E-state index contributed by atoms with van der Waals surface area (Å²) in [6, 6.07) is 11.0. The molecule has 0 unspecified atom stereocenters. The molecule has 0 aliphatic carbocycles. The zero-order valence-corrected chi connectivity index (χ0v) is 17.4. The Hall–Kier alpha value is -2.34. The Labute approximate surface area is 171 Å². The summed E-state index contributed by atoms with van der Waals surface area (Å²) in [5.74, 6) is -0.414. The highest BCUT2D eigenvalue weighted by Gasteiger charge is 2.25. The van der Waals surface area contributed by atoms with Gasteiger partial charge in [-0.05, 0) is 54.5 Å². The van der Waals surface area contributed by atoms with E-state index >= 15 is 0 Å². The van der Waals surface area contributed by atoms with Crippen molar-refractivity contribution in [2.75, 3.05) is 23.3 Å². The van der Waals surface area contributed by atoms with Gasteiger partial charge in [0.15, 0.2) is 0 Å². The van der Waals surface area contributed by atoms with Gasteiger partial charge in [-0.2, -0.15) is 0 Å². The lowest BCUT2D eigenvalue weighted by Crippen LogP contribution is -2.46. The van der Waals surface area contributed by atoms with E-state index in [0.717, 1.165) is 18.8 Å². The van der Waals surface area contributed by atoms with E-state index in [1.807, 2.05) is 37.4 Å². The molecule has 0 bridgehead atoms. The molecule has 6 heteroatoms. The van der Waals surface area contributed by atoms with E-state index in [4.69, 9.17) is 0 Å². The van der Waals surface area contributed by atoms with Gasteiger partial charge < -0.3 is 15.5 Å². The molecule has 2 amide bonds. The molecule has 1 atom stereocenters. The molecule has 2 heterocycles. The van der Waals surface area contributed by atoms with Crippen molar-refractivity contribution in [2.24, 2.45) is 5.92 Å². The van der Waals surface area contributed by atoms with Crippen molar-refractivity contribution in [3.05, 3.63) is 46.7 Å². The number of hydrogen-bond donors (Lipinski definition) is 2. The van der Waals surface area contributed by atoms with Gasteiger partial charge in [0.05, 0.1) is 4.88 Å². The molecule has 1 aromatic carbocycles. The van der Waals surface area contributed by atoms with Crippen LogP contribution in [-0.2, 0) is 4.79 Å². The van der Waals surface area contributed by atoms with E-state index in [1.165, 1.54) is 42.7 Å². The third kappa shape index (κ3) is 5.35. The fourth-order valence-electron chi connectivity index (χ4n) is 3.46. The Balaban J connectivity index is 1.62. The van der Waals surface area contributed by atoms with Crippen molar-refractivity contribution in [3.63, 3.8) is 0 Å². The maximum absolute atomic E-state index is 12.8. The average Bonchev–Trinajstić information content (AvgIpc) is 3.09. The van der Waals surface area contributed by atoms with Crippen molar-refractivity contribution in [1.82, 2.24) is 5.32 Å². The Morgan fingerprint density at radius 3 is 2.25 bits per heavy atom. The maximum Gasteiger partial charge on any atom is 0.262 e. The first kappa shape index (κ1) is 20.4. The zero-order chi connectivity index (χ0) is 19.9. The molecule has 0 saturated carbocycles. The highest BCUT2D eigenvalue weighted by Crippen LogP contribution is 2.22. The maximum atomic E-state index is 12.8. The molecular weight excluding hydrogens is 370 g/mol. The van der Waals surface area contributed by atoms with Crippen molar-refractivity contribution in [2.45, 2.75) is 45.6 Å². The molecule has 0 spiro atoms. The molecule has 28 heavy (non-hydrogen) atoms. The Kier molecular flexibility index (Phi) is 7.09. The quantitative estimate of drug-likeness (QED) is 0.751. The number of nitrogens with zero attached hydrogens (tertiary/aromatic N) is 1. The first-order valence-electron chi connectivity index (χ1n) is 10.0. The number of hydrogen-bond acceptors (Lipinski definition) is 4. The van der Waals surface area contributed by atoms with E-state index in [0.29, 0.717) is 4.88 Å². The molecule has 1 saturated heterocycles. The lowest BCUT2D eigenvalue weighted by Gasteiger charge is -2.24. The topological polar surface area (TPSA) is 61.4 Å². The Morgan fingerprint density at radius 1 is 1.00 bits per heavy atom. The molecule has 2 aromatic rings. The average molecular weight is 400 g/mol. The number of carbonyl (C=O) groups excluding carboxylic acids is 2. The molecule has 0 radical (unpaired) electrons. The van der Waals surface area contributed by atoms with Gasteiger partial charge in [-0.3, -0.25) is 9.59 Å². The summed E-state index contributed by atoms with van der Waals surface area (Å²) in [4.78, 5) is 28.1. The molecule has 1 aliphatic rings. The van der Waals surface area contributed by atoms with Gasteiger partial charge in [-0.1, -0.05) is 32.8 Å². The summed E-state index contributed by atoms with van der Waals surface area (Å²) in [6.07, 6.45) is 5.08. The van der Waals surface area contributed by atoms with Gasteiger partial charge in [-0.25, -0.2) is 0 Å². The van der Waals surface area contributed by atoms with Gasteiger partial charge in [0.25, 0.3) is 5.91 Å². The lowest BCUT2D eigenvalue weighted by molar-refractivity contribution is -0.118. The number of nitrogens with one attached hydrogen (secondary N) is 2. The molecule has 1 aliphatic heterocycles. The van der Waals surface area contributed by atoms with Crippen molar-refractivity contribution >= 4 is 34.5 Å². The van der Waals surface area contributed by atoms with Crippen LogP contribution in [0.25, 0.3) is 0 Å². The fourth-order valence-corrected chi connectivity index (χ4v) is 4.09. The van der Waals surface area contributed by atoms with Crippen LogP contribution in [0.15, 0.2) is 41.8 Å². The largest absolute Gasteiger partial charge is 0.372 e. The van der Waals surface area contributed by atoms with Crippen LogP contribution in [-0.4, -0.2) is 30.9 Å². The summed E-state index contributed by atoms with van der Waals surface area (Å²) in [7, 11) is 0. The molecule has 3 rings (SSSR count). The summed E-state index contributed by atoms with van der Waals surface area (Å²) >= 11 is 1.37. The first-order chi connectivity index (χ1) is 13.5. The van der Waals surface area contributed by atoms with Gasteiger partial charge in [0.2, 0.25) is 5.91 Å². The third-order valence-corrected chi connectivity index (χ3v) is 5.96. The summed E-state index contributed by atoms with van der Waals surface area (Å²) in [5.41, 5.74) is 1.95. The minimum atomic E-state index is -0.583. The van der Waals surface area contributed by atoms with Crippen molar-refractivity contribution < 1.29 is 9.59 Å². The van der Waals surface area contributed by atoms with Crippen LogP contribution >= 0.6 is 11.3 Å². The minimum Gasteiger partial charge on any atom is -0.372 e. The zero-order valence-electron chi connectivity index (χ0n) is 16.6. The number of benzene rings is 1. The highest BCUT2D eigenvalue weighted by atomic mass is 32.1. The van der Waals surface area contributed by atoms with Gasteiger partial charge in [-0.15, -0.1) is 11.3 Å². The minimum absolute atomic E-state index is 0.0136. The van der Waals surface area contributed by atoms with E-state index < -0.39 is 6.04 Å². The van der Waals surface area contributed by atoms with Gasteiger partial charge >= 0.3 is 0 Å². The predicted molar refractivity (Wildman–Crippen MR) is 116 cm³/mol. The molecular formula is C22H29N3O2S. The third-order valence-electron chi connectivity index (χ3n) is 5.09. The standard InChI is InChI=1S/C22H29N3O2S/c1-16(2)20(24-21(26)19-8-7-15-28-19)22(27)23-17-9-11-18(12-10-17)25-13-5-3-4-6-14-25/h7-12,15-16,20H,3-6,13-14H2,1-2H3,(H,23,27)(H,24,26)/t20-/m1/s1. The highest BCUT2D eigenvalue weighted by molar-refractivity contribution is 7.12. The second-order valence-corrected chi connectivity index (χ2v) is 8.56. The molecule has 2 N–H and O–H groups in total. The smallest absolute Gasteiger partial charge is 0.262 e. The number of amides is 2. The van der Waals surface area contributed by atoms with Crippen molar-refractivity contribution in [1.29, 1.82) is 0 Å². The number of carbonyl (C=O) groups is 2. The normalized spacial score (nSPS) is 15.8. The predicted octanol–water partition coefficient (Wildman–Crippen LogP) is 4.52. The van der Waals surface area contributed by atoms with Crippen LogP contribution in [0.1, 0.15) is 49.2 Å². The van der Waals surface area contributed by atoms with E-state index in [-0.39, 0.29) is 17.7 Å². The fraction of sp³-hybridized carbons (Fsp3) is 0.455. The first-order valence-corrected chi connectivity index (χ1v) is 10.9. The second-order valence-electron chi connectivity index (χ2n) is 7.61. The van der Waals surface area contributed by atoms with Crippen LogP contribution in [0.5, 0.6) is 0 Å².